The first-order valence-corrected chi connectivity index (χ1v) is 3.40. The molecule has 0 aliphatic carbocycles. The second-order valence-corrected chi connectivity index (χ2v) is 1.90. The lowest BCUT2D eigenvalue weighted by molar-refractivity contribution is -0.286. The van der Waals surface area contributed by atoms with Crippen LogP contribution in [0.1, 0.15) is 5.76 Å². The van der Waals surface area contributed by atoms with E-state index in [0.29, 0.717) is 12.4 Å². The van der Waals surface area contributed by atoms with Gasteiger partial charge >= 0.3 is 0 Å². The highest BCUT2D eigenvalue weighted by Crippen LogP contribution is 1.95. The largest absolute Gasteiger partial charge is 0.463 e. The second-order valence-electron chi connectivity index (χ2n) is 1.90. The van der Waals surface area contributed by atoms with Crippen LogP contribution in [0.2, 0.25) is 0 Å². The molecule has 0 fully saturated rings. The Kier molecular flexibility index (Phi) is 3.67. The number of nitrogens with zero attached hydrogens (tertiary/aromatic N) is 1. The normalized spacial score (nSPS) is 10.3. The summed E-state index contributed by atoms with van der Waals surface area (Å²) < 4.78 is 4.94. The van der Waals surface area contributed by atoms with Gasteiger partial charge in [0, 0.05) is 0 Å². The summed E-state index contributed by atoms with van der Waals surface area (Å²) >= 11 is 0. The highest BCUT2D eigenvalue weighted by Gasteiger charge is 1.87. The van der Waals surface area contributed by atoms with Crippen LogP contribution in [0, 0.1) is 0 Å². The van der Waals surface area contributed by atoms with Gasteiger partial charge in [-0.1, -0.05) is 6.08 Å². The maximum Gasteiger partial charge on any atom is 0.148 e. The molecular formula is C8H9NO3. The zero-order chi connectivity index (χ0) is 8.65. The zero-order valence-electron chi connectivity index (χ0n) is 6.47. The van der Waals surface area contributed by atoms with Gasteiger partial charge in [0.05, 0.1) is 6.26 Å². The van der Waals surface area contributed by atoms with Crippen LogP contribution in [-0.4, -0.2) is 12.8 Å². The van der Waals surface area contributed by atoms with Gasteiger partial charge in [-0.3, -0.25) is 0 Å². The van der Waals surface area contributed by atoms with Crippen molar-refractivity contribution < 1.29 is 14.3 Å². The van der Waals surface area contributed by atoms with Gasteiger partial charge in [-0.05, 0) is 17.3 Å². The quantitative estimate of drug-likeness (QED) is 0.220. The first kappa shape index (κ1) is 8.55. The van der Waals surface area contributed by atoms with Crippen LogP contribution in [0.4, 0.5) is 0 Å². The maximum atomic E-state index is 4.94. The van der Waals surface area contributed by atoms with E-state index in [1.165, 1.54) is 6.21 Å². The van der Waals surface area contributed by atoms with Crippen molar-refractivity contribution in [1.29, 1.82) is 0 Å². The monoisotopic (exact) mass is 167 g/mol. The SMILES string of the molecule is C=CCOO/N=C/c1ccco1. The molecule has 0 atom stereocenters. The zero-order valence-corrected chi connectivity index (χ0v) is 6.47. The lowest BCUT2D eigenvalue weighted by Crippen LogP contribution is -1.87. The summed E-state index contributed by atoms with van der Waals surface area (Å²) in [5.74, 6) is 0.609. The van der Waals surface area contributed by atoms with Crippen LogP contribution in [0.15, 0.2) is 40.6 Å². The summed E-state index contributed by atoms with van der Waals surface area (Å²) in [7, 11) is 0. The van der Waals surface area contributed by atoms with Crippen molar-refractivity contribution in [2.75, 3.05) is 6.61 Å². The molecule has 0 bridgehead atoms. The molecule has 1 aromatic heterocycles. The van der Waals surface area contributed by atoms with Crippen LogP contribution in [0.3, 0.4) is 0 Å². The molecule has 4 nitrogen and oxygen atoms in total. The summed E-state index contributed by atoms with van der Waals surface area (Å²) in [4.78, 5) is 8.91. The summed E-state index contributed by atoms with van der Waals surface area (Å²) in [5, 5.41) is 3.46. The smallest absolute Gasteiger partial charge is 0.148 e. The Morgan fingerprint density at radius 1 is 1.67 bits per heavy atom. The Morgan fingerprint density at radius 2 is 2.58 bits per heavy atom. The van der Waals surface area contributed by atoms with Gasteiger partial charge in [0.25, 0.3) is 0 Å². The molecule has 64 valence electrons. The maximum absolute atomic E-state index is 4.94. The van der Waals surface area contributed by atoms with Gasteiger partial charge in [-0.15, -0.1) is 6.58 Å². The fraction of sp³-hybridized carbons (Fsp3) is 0.125. The number of oxime groups is 1. The molecule has 0 radical (unpaired) electrons. The third-order valence-corrected chi connectivity index (χ3v) is 1.00. The van der Waals surface area contributed by atoms with Crippen molar-refractivity contribution in [3.63, 3.8) is 0 Å². The molecule has 0 aromatic carbocycles. The van der Waals surface area contributed by atoms with Crippen molar-refractivity contribution in [2.24, 2.45) is 5.16 Å². The van der Waals surface area contributed by atoms with E-state index in [4.69, 9.17) is 4.42 Å². The molecule has 0 aliphatic heterocycles. The number of hydrogen-bond donors (Lipinski definition) is 0. The molecule has 1 aromatic rings. The van der Waals surface area contributed by atoms with Gasteiger partial charge in [-0.25, -0.2) is 4.99 Å². The van der Waals surface area contributed by atoms with E-state index in [1.807, 2.05) is 0 Å². The van der Waals surface area contributed by atoms with E-state index in [1.54, 1.807) is 24.5 Å². The van der Waals surface area contributed by atoms with Gasteiger partial charge < -0.3 is 4.42 Å². The number of furan rings is 1. The van der Waals surface area contributed by atoms with E-state index in [9.17, 15) is 0 Å². The van der Waals surface area contributed by atoms with E-state index >= 15 is 0 Å². The molecule has 0 saturated carbocycles. The molecule has 0 spiro atoms. The van der Waals surface area contributed by atoms with Crippen LogP contribution >= 0.6 is 0 Å². The summed E-state index contributed by atoms with van der Waals surface area (Å²) in [6.45, 7) is 3.73. The average molecular weight is 167 g/mol. The third kappa shape index (κ3) is 3.03. The minimum absolute atomic E-state index is 0.301. The van der Waals surface area contributed by atoms with Gasteiger partial charge in [-0.2, -0.15) is 4.89 Å². The summed E-state index contributed by atoms with van der Waals surface area (Å²) in [5.41, 5.74) is 0. The minimum Gasteiger partial charge on any atom is -0.463 e. The molecule has 1 heterocycles. The highest BCUT2D eigenvalue weighted by molar-refractivity contribution is 5.74. The van der Waals surface area contributed by atoms with Crippen LogP contribution < -0.4 is 0 Å². The molecular weight excluding hydrogens is 158 g/mol. The molecule has 0 saturated heterocycles. The Morgan fingerprint density at radius 3 is 3.25 bits per heavy atom. The Bertz CT molecular complexity index is 241. The van der Waals surface area contributed by atoms with Crippen molar-refractivity contribution in [1.82, 2.24) is 0 Å². The van der Waals surface area contributed by atoms with E-state index in [2.05, 4.69) is 21.6 Å². The Labute approximate surface area is 70.0 Å². The average Bonchev–Trinajstić information content (AvgIpc) is 2.57. The van der Waals surface area contributed by atoms with Crippen molar-refractivity contribution in [3.8, 4) is 0 Å². The standard InChI is InChI=1S/C8H9NO3/c1-2-5-11-12-9-7-8-4-3-6-10-8/h2-4,6-7H,1,5H2/b9-7+. The molecule has 0 N–H and O–H groups in total. The first-order chi connectivity index (χ1) is 5.93. The number of rotatable bonds is 5. The van der Waals surface area contributed by atoms with E-state index in [0.717, 1.165) is 0 Å². The first-order valence-electron chi connectivity index (χ1n) is 3.40. The molecule has 0 unspecified atom stereocenters. The van der Waals surface area contributed by atoms with Crippen LogP contribution in [-0.2, 0) is 9.88 Å². The lowest BCUT2D eigenvalue weighted by atomic mass is 10.5. The highest BCUT2D eigenvalue weighted by atomic mass is 17.3. The minimum atomic E-state index is 0.301. The van der Waals surface area contributed by atoms with Crippen molar-refractivity contribution in [2.45, 2.75) is 0 Å². The van der Waals surface area contributed by atoms with Gasteiger partial charge in [0.1, 0.15) is 18.6 Å². The molecule has 4 heteroatoms. The third-order valence-electron chi connectivity index (χ3n) is 1.00. The molecule has 1 rings (SSSR count). The molecule has 12 heavy (non-hydrogen) atoms. The summed E-state index contributed by atoms with van der Waals surface area (Å²) in [6, 6.07) is 3.51. The molecule has 0 aliphatic rings. The second kappa shape index (κ2) is 5.15. The number of hydrogen-bond acceptors (Lipinski definition) is 4. The van der Waals surface area contributed by atoms with Crippen LogP contribution in [0.5, 0.6) is 0 Å². The van der Waals surface area contributed by atoms with Crippen molar-refractivity contribution >= 4 is 6.21 Å². The van der Waals surface area contributed by atoms with Crippen molar-refractivity contribution in [3.05, 3.63) is 36.8 Å². The predicted octanol–water partition coefficient (Wildman–Crippen LogP) is 1.75. The lowest BCUT2D eigenvalue weighted by Gasteiger charge is -1.91. The fourth-order valence-corrected chi connectivity index (χ4v) is 0.547. The van der Waals surface area contributed by atoms with Crippen LogP contribution in [0.25, 0.3) is 0 Å². The predicted molar refractivity (Wildman–Crippen MR) is 43.5 cm³/mol. The Balaban J connectivity index is 2.18. The van der Waals surface area contributed by atoms with Gasteiger partial charge in [0.15, 0.2) is 0 Å². The van der Waals surface area contributed by atoms with Gasteiger partial charge in [0.2, 0.25) is 0 Å². The Hall–Kier alpha value is -1.55. The summed E-state index contributed by atoms with van der Waals surface area (Å²) in [6.07, 6.45) is 4.51. The fourth-order valence-electron chi connectivity index (χ4n) is 0.547. The van der Waals surface area contributed by atoms with E-state index < -0.39 is 0 Å². The topological polar surface area (TPSA) is 44.0 Å². The van der Waals surface area contributed by atoms with E-state index in [-0.39, 0.29) is 0 Å². The molecule has 0 amide bonds.